The highest BCUT2D eigenvalue weighted by Gasteiger charge is 2.34. The Morgan fingerprint density at radius 3 is 2.76 bits per heavy atom. The van der Waals surface area contributed by atoms with Gasteiger partial charge < -0.3 is 14.8 Å². The fourth-order valence-electron chi connectivity index (χ4n) is 4.11. The van der Waals surface area contributed by atoms with E-state index in [9.17, 15) is 4.79 Å². The number of aryl methyl sites for hydroxylation is 1. The van der Waals surface area contributed by atoms with E-state index in [1.807, 2.05) is 44.2 Å². The number of ether oxygens (including phenoxy) is 2. The molecule has 0 radical (unpaired) electrons. The fraction of sp³-hybridized carbons (Fsp3) is 0.320. The van der Waals surface area contributed by atoms with Gasteiger partial charge in [0.15, 0.2) is 0 Å². The van der Waals surface area contributed by atoms with Crippen LogP contribution in [0.3, 0.4) is 0 Å². The van der Waals surface area contributed by atoms with Crippen molar-refractivity contribution in [3.8, 4) is 11.5 Å². The van der Waals surface area contributed by atoms with Gasteiger partial charge in [0.25, 0.3) is 0 Å². The monoisotopic (exact) mass is 389 g/mol. The second-order valence-corrected chi connectivity index (χ2v) is 8.23. The summed E-state index contributed by atoms with van der Waals surface area (Å²) in [6.45, 7) is 4.09. The van der Waals surface area contributed by atoms with Gasteiger partial charge in [-0.3, -0.25) is 4.79 Å². The molecule has 1 atom stereocenters. The van der Waals surface area contributed by atoms with E-state index < -0.39 is 0 Å². The molecule has 3 aromatic rings. The van der Waals surface area contributed by atoms with Crippen LogP contribution in [0.15, 0.2) is 60.7 Å². The van der Waals surface area contributed by atoms with Crippen LogP contribution in [0.5, 0.6) is 11.5 Å². The van der Waals surface area contributed by atoms with Gasteiger partial charge >= 0.3 is 0 Å². The Kier molecular flexibility index (Phi) is 5.18. The van der Waals surface area contributed by atoms with Gasteiger partial charge in [-0.1, -0.05) is 42.5 Å². The van der Waals surface area contributed by atoms with E-state index >= 15 is 0 Å². The van der Waals surface area contributed by atoms with Crippen molar-refractivity contribution in [3.05, 3.63) is 71.8 Å². The molecule has 4 nitrogen and oxygen atoms in total. The van der Waals surface area contributed by atoms with Crippen molar-refractivity contribution in [2.45, 2.75) is 44.8 Å². The second kappa shape index (κ2) is 7.78. The maximum atomic E-state index is 12.8. The van der Waals surface area contributed by atoms with Crippen LogP contribution in [0.25, 0.3) is 10.8 Å². The zero-order valence-electron chi connectivity index (χ0n) is 17.2. The fourth-order valence-corrected chi connectivity index (χ4v) is 4.11. The SMILES string of the molecule is COc1ccc2c(c1)OC(C)(C)C[C@@H]2NC(=O)CCc1cccc2ccccc12. The van der Waals surface area contributed by atoms with Gasteiger partial charge in [-0.2, -0.15) is 0 Å². The number of carbonyl (C=O) groups excluding carboxylic acids is 1. The summed E-state index contributed by atoms with van der Waals surface area (Å²) in [6.07, 6.45) is 1.90. The van der Waals surface area contributed by atoms with E-state index in [4.69, 9.17) is 9.47 Å². The molecule has 0 aliphatic carbocycles. The van der Waals surface area contributed by atoms with E-state index in [-0.39, 0.29) is 17.6 Å². The van der Waals surface area contributed by atoms with Gasteiger partial charge in [-0.05, 0) is 48.7 Å². The molecule has 0 fully saturated rings. The maximum Gasteiger partial charge on any atom is 0.220 e. The third-order valence-electron chi connectivity index (χ3n) is 5.51. The van der Waals surface area contributed by atoms with Crippen molar-refractivity contribution in [2.24, 2.45) is 0 Å². The number of hydrogen-bond donors (Lipinski definition) is 1. The van der Waals surface area contributed by atoms with Crippen LogP contribution in [-0.2, 0) is 11.2 Å². The molecule has 0 spiro atoms. The average molecular weight is 389 g/mol. The molecule has 3 aromatic carbocycles. The van der Waals surface area contributed by atoms with Crippen molar-refractivity contribution in [2.75, 3.05) is 7.11 Å². The van der Waals surface area contributed by atoms with Crippen LogP contribution in [0, 0.1) is 0 Å². The standard InChI is InChI=1S/C25H27NO3/c1-25(2)16-22(21-13-12-19(28-3)15-23(21)29-25)26-24(27)14-11-18-9-6-8-17-7-4-5-10-20(17)18/h4-10,12-13,15,22H,11,14,16H2,1-3H3,(H,26,27)/t22-/m0/s1. The van der Waals surface area contributed by atoms with E-state index in [0.29, 0.717) is 6.42 Å². The number of rotatable bonds is 5. The van der Waals surface area contributed by atoms with E-state index in [0.717, 1.165) is 29.9 Å². The smallest absolute Gasteiger partial charge is 0.220 e. The van der Waals surface area contributed by atoms with Crippen LogP contribution >= 0.6 is 0 Å². The van der Waals surface area contributed by atoms with Crippen molar-refractivity contribution in [1.29, 1.82) is 0 Å². The summed E-state index contributed by atoms with van der Waals surface area (Å²) in [4.78, 5) is 12.8. The molecule has 0 saturated carbocycles. The number of carbonyl (C=O) groups is 1. The first-order valence-corrected chi connectivity index (χ1v) is 10.1. The van der Waals surface area contributed by atoms with Crippen LogP contribution in [0.1, 0.15) is 43.9 Å². The lowest BCUT2D eigenvalue weighted by atomic mass is 9.89. The molecule has 0 unspecified atom stereocenters. The molecule has 1 aliphatic rings. The highest BCUT2D eigenvalue weighted by atomic mass is 16.5. The largest absolute Gasteiger partial charge is 0.497 e. The first-order valence-electron chi connectivity index (χ1n) is 10.1. The first-order chi connectivity index (χ1) is 13.9. The van der Waals surface area contributed by atoms with Crippen molar-refractivity contribution >= 4 is 16.7 Å². The molecule has 0 aromatic heterocycles. The minimum atomic E-state index is -0.354. The Morgan fingerprint density at radius 2 is 1.93 bits per heavy atom. The minimum Gasteiger partial charge on any atom is -0.497 e. The predicted octanol–water partition coefficient (Wildman–Crippen LogP) is 5.20. The molecule has 1 amide bonds. The van der Waals surface area contributed by atoms with Crippen LogP contribution in [-0.4, -0.2) is 18.6 Å². The normalized spacial score (nSPS) is 17.3. The second-order valence-electron chi connectivity index (χ2n) is 8.23. The average Bonchev–Trinajstić information content (AvgIpc) is 2.70. The highest BCUT2D eigenvalue weighted by Crippen LogP contribution is 2.41. The number of methoxy groups -OCH3 is 1. The molecular formula is C25H27NO3. The molecule has 29 heavy (non-hydrogen) atoms. The van der Waals surface area contributed by atoms with Crippen LogP contribution in [0.2, 0.25) is 0 Å². The molecule has 4 rings (SSSR count). The molecule has 1 heterocycles. The van der Waals surface area contributed by atoms with Gasteiger partial charge in [0, 0.05) is 24.5 Å². The Labute approximate surface area is 171 Å². The Balaban J connectivity index is 1.48. The summed E-state index contributed by atoms with van der Waals surface area (Å²) in [5.74, 6) is 1.59. The molecule has 150 valence electrons. The third kappa shape index (κ3) is 4.21. The summed E-state index contributed by atoms with van der Waals surface area (Å²) in [7, 11) is 1.64. The molecule has 1 aliphatic heterocycles. The lowest BCUT2D eigenvalue weighted by molar-refractivity contribution is -0.122. The van der Waals surface area contributed by atoms with E-state index in [1.54, 1.807) is 7.11 Å². The van der Waals surface area contributed by atoms with Crippen LogP contribution in [0.4, 0.5) is 0 Å². The summed E-state index contributed by atoms with van der Waals surface area (Å²) >= 11 is 0. The number of benzene rings is 3. The summed E-state index contributed by atoms with van der Waals surface area (Å²) < 4.78 is 11.4. The minimum absolute atomic E-state index is 0.0578. The van der Waals surface area contributed by atoms with Crippen molar-refractivity contribution in [1.82, 2.24) is 5.32 Å². The summed E-state index contributed by atoms with van der Waals surface area (Å²) in [5.41, 5.74) is 1.85. The topological polar surface area (TPSA) is 47.6 Å². The highest BCUT2D eigenvalue weighted by molar-refractivity contribution is 5.86. The summed E-state index contributed by atoms with van der Waals surface area (Å²) in [5, 5.41) is 5.65. The molecular weight excluding hydrogens is 362 g/mol. The summed E-state index contributed by atoms with van der Waals surface area (Å²) in [6, 6.07) is 20.3. The Hall–Kier alpha value is -3.01. The quantitative estimate of drug-likeness (QED) is 0.652. The van der Waals surface area contributed by atoms with Crippen molar-refractivity contribution < 1.29 is 14.3 Å². The van der Waals surface area contributed by atoms with Gasteiger partial charge in [0.1, 0.15) is 17.1 Å². The zero-order chi connectivity index (χ0) is 20.4. The van der Waals surface area contributed by atoms with Crippen LogP contribution < -0.4 is 14.8 Å². The number of fused-ring (bicyclic) bond motifs is 2. The Morgan fingerprint density at radius 1 is 1.14 bits per heavy atom. The van der Waals surface area contributed by atoms with Gasteiger partial charge in [0.05, 0.1) is 13.2 Å². The molecule has 0 saturated heterocycles. The van der Waals surface area contributed by atoms with E-state index in [1.165, 1.54) is 16.3 Å². The lowest BCUT2D eigenvalue weighted by Crippen LogP contribution is -2.41. The molecule has 1 N–H and O–H groups in total. The van der Waals surface area contributed by atoms with Gasteiger partial charge in [-0.25, -0.2) is 0 Å². The maximum absolute atomic E-state index is 12.8. The third-order valence-corrected chi connectivity index (χ3v) is 5.51. The Bertz CT molecular complexity index is 1040. The van der Waals surface area contributed by atoms with Gasteiger partial charge in [0.2, 0.25) is 5.91 Å². The first kappa shape index (κ1) is 19.3. The van der Waals surface area contributed by atoms with E-state index in [2.05, 4.69) is 35.6 Å². The van der Waals surface area contributed by atoms with Crippen molar-refractivity contribution in [3.63, 3.8) is 0 Å². The van der Waals surface area contributed by atoms with Gasteiger partial charge in [-0.15, -0.1) is 0 Å². The zero-order valence-corrected chi connectivity index (χ0v) is 17.2. The lowest BCUT2D eigenvalue weighted by Gasteiger charge is -2.38. The predicted molar refractivity (Wildman–Crippen MR) is 115 cm³/mol. The molecule has 4 heteroatoms. The number of hydrogen-bond acceptors (Lipinski definition) is 3. The number of amides is 1. The number of nitrogens with one attached hydrogen (secondary N) is 1. The molecule has 0 bridgehead atoms.